The van der Waals surface area contributed by atoms with Crippen molar-refractivity contribution in [3.8, 4) is 0 Å². The van der Waals surface area contributed by atoms with Gasteiger partial charge in [0.15, 0.2) is 0 Å². The number of nitrogens with one attached hydrogen (secondary N) is 1. The lowest BCUT2D eigenvalue weighted by atomic mass is 10.0. The standard InChI is InChI=1S/C14H17N5O2/c1-14(2)8-18(6-5-17-14)13-11-7-10(19(20)21)3-4-12(11)15-9-16-13/h3-4,7,9,17H,5-6,8H2,1-2H3. The molecule has 0 bridgehead atoms. The van der Waals surface area contributed by atoms with Crippen molar-refractivity contribution in [3.05, 3.63) is 34.6 Å². The average molecular weight is 287 g/mol. The molecule has 1 aliphatic rings. The minimum Gasteiger partial charge on any atom is -0.353 e. The smallest absolute Gasteiger partial charge is 0.270 e. The van der Waals surface area contributed by atoms with Crippen molar-refractivity contribution in [3.63, 3.8) is 0 Å². The lowest BCUT2D eigenvalue weighted by Crippen LogP contribution is -2.57. The van der Waals surface area contributed by atoms with Gasteiger partial charge in [0.05, 0.1) is 10.4 Å². The van der Waals surface area contributed by atoms with Crippen LogP contribution in [0.2, 0.25) is 0 Å². The number of rotatable bonds is 2. The van der Waals surface area contributed by atoms with Crippen LogP contribution in [0.15, 0.2) is 24.5 Å². The maximum absolute atomic E-state index is 11.0. The molecule has 0 radical (unpaired) electrons. The molecule has 0 atom stereocenters. The molecule has 7 nitrogen and oxygen atoms in total. The quantitative estimate of drug-likeness (QED) is 0.669. The fraction of sp³-hybridized carbons (Fsp3) is 0.429. The molecule has 1 aliphatic heterocycles. The molecule has 0 amide bonds. The summed E-state index contributed by atoms with van der Waals surface area (Å²) in [6.45, 7) is 6.73. The van der Waals surface area contributed by atoms with Gasteiger partial charge < -0.3 is 10.2 Å². The van der Waals surface area contributed by atoms with Gasteiger partial charge in [0.25, 0.3) is 5.69 Å². The van der Waals surface area contributed by atoms with Crippen molar-refractivity contribution < 1.29 is 4.92 Å². The van der Waals surface area contributed by atoms with Crippen molar-refractivity contribution in [1.29, 1.82) is 0 Å². The van der Waals surface area contributed by atoms with Gasteiger partial charge >= 0.3 is 0 Å². The third-order valence-corrected chi connectivity index (χ3v) is 3.68. The predicted molar refractivity (Wildman–Crippen MR) is 80.5 cm³/mol. The number of nitrogens with zero attached hydrogens (tertiary/aromatic N) is 4. The van der Waals surface area contributed by atoms with Crippen LogP contribution in [-0.2, 0) is 0 Å². The zero-order valence-electron chi connectivity index (χ0n) is 12.0. The van der Waals surface area contributed by atoms with Crippen LogP contribution in [0, 0.1) is 10.1 Å². The molecule has 1 fully saturated rings. The second-order valence-electron chi connectivity index (χ2n) is 5.89. The highest BCUT2D eigenvalue weighted by atomic mass is 16.6. The van der Waals surface area contributed by atoms with Crippen molar-refractivity contribution in [1.82, 2.24) is 15.3 Å². The lowest BCUT2D eigenvalue weighted by molar-refractivity contribution is -0.384. The fourth-order valence-electron chi connectivity index (χ4n) is 2.72. The van der Waals surface area contributed by atoms with Crippen LogP contribution in [0.3, 0.4) is 0 Å². The van der Waals surface area contributed by atoms with E-state index in [0.29, 0.717) is 0 Å². The van der Waals surface area contributed by atoms with Crippen LogP contribution in [0.25, 0.3) is 10.9 Å². The Morgan fingerprint density at radius 3 is 2.90 bits per heavy atom. The Bertz CT molecular complexity index is 701. The number of piperazine rings is 1. The highest BCUT2D eigenvalue weighted by Crippen LogP contribution is 2.28. The van der Waals surface area contributed by atoms with Crippen LogP contribution in [0.1, 0.15) is 13.8 Å². The molecule has 2 aromatic rings. The van der Waals surface area contributed by atoms with E-state index in [1.807, 2.05) is 0 Å². The molecule has 3 rings (SSSR count). The summed E-state index contributed by atoms with van der Waals surface area (Å²) < 4.78 is 0. The molecule has 7 heteroatoms. The molecule has 1 N–H and O–H groups in total. The molecular formula is C14H17N5O2. The van der Waals surface area contributed by atoms with Gasteiger partial charge in [-0.15, -0.1) is 0 Å². The summed E-state index contributed by atoms with van der Waals surface area (Å²) in [4.78, 5) is 21.3. The zero-order chi connectivity index (χ0) is 15.0. The molecule has 110 valence electrons. The van der Waals surface area contributed by atoms with Crippen LogP contribution in [0.5, 0.6) is 0 Å². The minimum atomic E-state index is -0.391. The number of anilines is 1. The summed E-state index contributed by atoms with van der Waals surface area (Å²) in [6.07, 6.45) is 1.51. The van der Waals surface area contributed by atoms with Gasteiger partial charge in [-0.25, -0.2) is 9.97 Å². The Morgan fingerprint density at radius 1 is 1.38 bits per heavy atom. The second kappa shape index (κ2) is 4.92. The van der Waals surface area contributed by atoms with Crippen LogP contribution >= 0.6 is 0 Å². The summed E-state index contributed by atoms with van der Waals surface area (Å²) >= 11 is 0. The molecule has 1 aromatic heterocycles. The monoisotopic (exact) mass is 287 g/mol. The summed E-state index contributed by atoms with van der Waals surface area (Å²) in [5, 5.41) is 15.1. The van der Waals surface area contributed by atoms with E-state index < -0.39 is 4.92 Å². The Kier molecular flexibility index (Phi) is 3.21. The van der Waals surface area contributed by atoms with Crippen LogP contribution in [-0.4, -0.2) is 40.1 Å². The van der Waals surface area contributed by atoms with Gasteiger partial charge in [-0.1, -0.05) is 0 Å². The normalized spacial score (nSPS) is 17.9. The maximum atomic E-state index is 11.0. The first-order chi connectivity index (χ1) is 9.96. The summed E-state index contributed by atoms with van der Waals surface area (Å²) in [6, 6.07) is 4.70. The molecule has 0 spiro atoms. The van der Waals surface area contributed by atoms with E-state index in [1.54, 1.807) is 12.1 Å². The topological polar surface area (TPSA) is 84.2 Å². The van der Waals surface area contributed by atoms with E-state index in [-0.39, 0.29) is 11.2 Å². The van der Waals surface area contributed by atoms with E-state index in [4.69, 9.17) is 0 Å². The maximum Gasteiger partial charge on any atom is 0.270 e. The van der Waals surface area contributed by atoms with E-state index in [9.17, 15) is 10.1 Å². The largest absolute Gasteiger partial charge is 0.353 e. The third-order valence-electron chi connectivity index (χ3n) is 3.68. The molecule has 1 aromatic carbocycles. The number of fused-ring (bicyclic) bond motifs is 1. The van der Waals surface area contributed by atoms with Crippen molar-refractivity contribution in [2.24, 2.45) is 0 Å². The van der Waals surface area contributed by atoms with Gasteiger partial charge in [-0.3, -0.25) is 10.1 Å². The SMILES string of the molecule is CC1(C)CN(c2ncnc3ccc([N+](=O)[O-])cc23)CCN1. The predicted octanol–water partition coefficient (Wildman–Crippen LogP) is 1.73. The fourth-order valence-corrected chi connectivity index (χ4v) is 2.72. The molecular weight excluding hydrogens is 270 g/mol. The summed E-state index contributed by atoms with van der Waals surface area (Å²) in [5.74, 6) is 0.762. The Morgan fingerprint density at radius 2 is 2.19 bits per heavy atom. The number of aromatic nitrogens is 2. The third kappa shape index (κ3) is 2.64. The van der Waals surface area contributed by atoms with Gasteiger partial charge in [0.1, 0.15) is 12.1 Å². The summed E-state index contributed by atoms with van der Waals surface area (Å²) in [7, 11) is 0. The number of non-ortho nitro benzene ring substituents is 1. The van der Waals surface area contributed by atoms with Gasteiger partial charge in [0.2, 0.25) is 0 Å². The number of nitro benzene ring substituents is 1. The Hall–Kier alpha value is -2.28. The lowest BCUT2D eigenvalue weighted by Gasteiger charge is -2.40. The minimum absolute atomic E-state index is 0.0176. The molecule has 0 unspecified atom stereocenters. The Balaban J connectivity index is 2.09. The molecule has 2 heterocycles. The zero-order valence-corrected chi connectivity index (χ0v) is 12.0. The number of nitro groups is 1. The van der Waals surface area contributed by atoms with Crippen molar-refractivity contribution >= 4 is 22.4 Å². The van der Waals surface area contributed by atoms with E-state index in [2.05, 4.69) is 34.0 Å². The average Bonchev–Trinajstić information content (AvgIpc) is 2.45. The Labute approximate surface area is 122 Å². The van der Waals surface area contributed by atoms with E-state index >= 15 is 0 Å². The summed E-state index contributed by atoms with van der Waals surface area (Å²) in [5.41, 5.74) is 0.769. The number of hydrogen-bond donors (Lipinski definition) is 1. The van der Waals surface area contributed by atoms with Crippen LogP contribution in [0.4, 0.5) is 11.5 Å². The van der Waals surface area contributed by atoms with Gasteiger partial charge in [-0.05, 0) is 19.9 Å². The van der Waals surface area contributed by atoms with Gasteiger partial charge in [0, 0.05) is 42.7 Å². The van der Waals surface area contributed by atoms with Crippen LogP contribution < -0.4 is 10.2 Å². The van der Waals surface area contributed by atoms with E-state index in [0.717, 1.165) is 36.4 Å². The first-order valence-electron chi connectivity index (χ1n) is 6.85. The van der Waals surface area contributed by atoms with Gasteiger partial charge in [-0.2, -0.15) is 0 Å². The first kappa shape index (κ1) is 13.7. The molecule has 1 saturated heterocycles. The highest BCUT2D eigenvalue weighted by molar-refractivity contribution is 5.91. The number of benzene rings is 1. The van der Waals surface area contributed by atoms with Crippen molar-refractivity contribution in [2.75, 3.05) is 24.5 Å². The first-order valence-corrected chi connectivity index (χ1v) is 6.85. The molecule has 21 heavy (non-hydrogen) atoms. The number of hydrogen-bond acceptors (Lipinski definition) is 6. The molecule has 0 aliphatic carbocycles. The van der Waals surface area contributed by atoms with Crippen molar-refractivity contribution in [2.45, 2.75) is 19.4 Å². The van der Waals surface area contributed by atoms with E-state index in [1.165, 1.54) is 12.4 Å². The molecule has 0 saturated carbocycles. The second-order valence-corrected chi connectivity index (χ2v) is 5.89. The highest BCUT2D eigenvalue weighted by Gasteiger charge is 2.27.